The van der Waals surface area contributed by atoms with Crippen molar-refractivity contribution in [3.05, 3.63) is 54.2 Å². The molecular formula is C25H28N6O8. The molecule has 0 radical (unpaired) electrons. The molecule has 5 atom stereocenters. The number of nitrogen functional groups attached to an aromatic ring is 1. The molecule has 14 heteroatoms. The van der Waals surface area contributed by atoms with E-state index in [0.717, 1.165) is 0 Å². The van der Waals surface area contributed by atoms with E-state index in [4.69, 9.17) is 29.4 Å². The molecule has 3 N–H and O–H groups in total. The molecule has 5 rings (SSSR count). The number of aromatic nitrogens is 4. The van der Waals surface area contributed by atoms with E-state index in [0.29, 0.717) is 16.8 Å². The van der Waals surface area contributed by atoms with Gasteiger partial charge in [0.15, 0.2) is 18.0 Å². The Balaban J connectivity index is 1.49. The van der Waals surface area contributed by atoms with Gasteiger partial charge in [0.1, 0.15) is 29.2 Å². The molecule has 0 aromatic carbocycles. The number of pyridine rings is 1. The van der Waals surface area contributed by atoms with Crippen molar-refractivity contribution in [3.63, 3.8) is 0 Å². The first-order valence-corrected chi connectivity index (χ1v) is 12.1. The molecule has 1 unspecified atom stereocenters. The zero-order valence-electron chi connectivity index (χ0n) is 21.9. The maximum absolute atomic E-state index is 12.9. The topological polar surface area (TPSA) is 182 Å². The fraction of sp³-hybridized carbons (Fsp3) is 0.440. The summed E-state index contributed by atoms with van der Waals surface area (Å²) in [5.74, 6) is -0.559. The van der Waals surface area contributed by atoms with Crippen LogP contribution in [0.2, 0.25) is 0 Å². The van der Waals surface area contributed by atoms with Gasteiger partial charge in [0, 0.05) is 26.2 Å². The van der Waals surface area contributed by atoms with Gasteiger partial charge in [0.25, 0.3) is 0 Å². The molecule has 1 saturated heterocycles. The Bertz CT molecular complexity index is 1460. The first kappa shape index (κ1) is 26.2. The fourth-order valence-corrected chi connectivity index (χ4v) is 5.17. The molecule has 1 saturated carbocycles. The number of ether oxygens (including phenoxy) is 5. The monoisotopic (exact) mass is 540 g/mol. The second-order valence-electron chi connectivity index (χ2n) is 10.0. The summed E-state index contributed by atoms with van der Waals surface area (Å²) < 4.78 is 30.9. The number of oxime groups is 1. The number of carbonyl (C=O) groups is 2. The molecule has 3 aromatic rings. The van der Waals surface area contributed by atoms with Gasteiger partial charge in [-0.15, -0.1) is 0 Å². The van der Waals surface area contributed by atoms with Crippen molar-refractivity contribution in [2.24, 2.45) is 5.16 Å². The number of esters is 1. The minimum atomic E-state index is -1.59. The Kier molecular flexibility index (Phi) is 6.09. The molecule has 39 heavy (non-hydrogen) atoms. The lowest BCUT2D eigenvalue weighted by Gasteiger charge is -2.36. The van der Waals surface area contributed by atoms with Gasteiger partial charge >= 0.3 is 12.1 Å². The lowest BCUT2D eigenvalue weighted by Crippen LogP contribution is -2.50. The van der Waals surface area contributed by atoms with Crippen LogP contribution in [0.25, 0.3) is 5.52 Å². The second-order valence-corrected chi connectivity index (χ2v) is 10.0. The summed E-state index contributed by atoms with van der Waals surface area (Å²) in [7, 11) is 0. The number of fused-ring (bicyclic) bond motifs is 2. The average Bonchev–Trinajstić information content (AvgIpc) is 3.18. The molecule has 14 nitrogen and oxygen atoms in total. The Morgan fingerprint density at radius 1 is 1.18 bits per heavy atom. The summed E-state index contributed by atoms with van der Waals surface area (Å²) in [6.45, 7) is 7.72. The lowest BCUT2D eigenvalue weighted by atomic mass is 9.90. The summed E-state index contributed by atoms with van der Waals surface area (Å²) >= 11 is 0. The molecule has 0 bridgehead atoms. The van der Waals surface area contributed by atoms with E-state index in [9.17, 15) is 14.8 Å². The minimum Gasteiger partial charge on any atom is -0.467 e. The van der Waals surface area contributed by atoms with Crippen LogP contribution in [0.4, 0.5) is 10.6 Å². The summed E-state index contributed by atoms with van der Waals surface area (Å²) in [5.41, 5.74) is 3.73. The maximum Gasteiger partial charge on any atom is 0.509 e. The zero-order chi connectivity index (χ0) is 28.2. The third kappa shape index (κ3) is 4.16. The van der Waals surface area contributed by atoms with Gasteiger partial charge in [-0.2, -0.15) is 5.10 Å². The van der Waals surface area contributed by atoms with Crippen molar-refractivity contribution < 1.29 is 38.5 Å². The van der Waals surface area contributed by atoms with Gasteiger partial charge < -0.3 is 34.6 Å². The van der Waals surface area contributed by atoms with Crippen molar-refractivity contribution in [2.45, 2.75) is 69.7 Å². The number of carbonyl (C=O) groups excluding carboxylic acids is 2. The predicted octanol–water partition coefficient (Wildman–Crippen LogP) is 2.29. The molecule has 206 valence electrons. The van der Waals surface area contributed by atoms with Crippen LogP contribution in [0, 0.1) is 0 Å². The molecule has 1 aliphatic heterocycles. The van der Waals surface area contributed by atoms with Gasteiger partial charge in [-0.1, -0.05) is 5.16 Å². The van der Waals surface area contributed by atoms with Crippen molar-refractivity contribution in [2.75, 3.05) is 5.73 Å². The first-order valence-electron chi connectivity index (χ1n) is 12.1. The Hall–Kier alpha value is -4.46. The maximum atomic E-state index is 12.9. The van der Waals surface area contributed by atoms with Crippen LogP contribution in [0.5, 0.6) is 0 Å². The van der Waals surface area contributed by atoms with E-state index in [1.165, 1.54) is 24.7 Å². The third-order valence-electron chi connectivity index (χ3n) is 7.01. The van der Waals surface area contributed by atoms with Crippen LogP contribution < -0.4 is 5.73 Å². The number of rotatable bonds is 6. The van der Waals surface area contributed by atoms with Crippen molar-refractivity contribution in [1.29, 1.82) is 0 Å². The number of hydrogen-bond acceptors (Lipinski definition) is 13. The standard InChI is InChI=1S/C25H28N6O8/c1-13(30-34)35-21-24(5,17-7-6-16-20(26)28-12-29-31(16)17)38-19-18(25(19,21)37-14(2)32)36-22(33)39-23(3,4)15-8-10-27-11-9-15/h6-12,18-19,21,34H,1-5H3,(H2,26,28,29)/t18?,19-,21+,24+,25-/m1/s1. The molecule has 2 aliphatic rings. The van der Waals surface area contributed by atoms with Gasteiger partial charge in [-0.25, -0.2) is 14.3 Å². The minimum absolute atomic E-state index is 0.135. The van der Waals surface area contributed by atoms with E-state index in [1.54, 1.807) is 57.4 Å². The highest BCUT2D eigenvalue weighted by Gasteiger charge is 2.87. The normalized spacial score (nSPS) is 28.0. The highest BCUT2D eigenvalue weighted by atomic mass is 16.8. The summed E-state index contributed by atoms with van der Waals surface area (Å²) in [5, 5.41) is 16.8. The Labute approximate surface area is 222 Å². The highest BCUT2D eigenvalue weighted by molar-refractivity contribution is 5.74. The largest absolute Gasteiger partial charge is 0.509 e. The smallest absolute Gasteiger partial charge is 0.467 e. The van der Waals surface area contributed by atoms with E-state index >= 15 is 0 Å². The van der Waals surface area contributed by atoms with Crippen LogP contribution in [0.1, 0.15) is 45.9 Å². The van der Waals surface area contributed by atoms with Gasteiger partial charge in [-0.3, -0.25) is 9.78 Å². The van der Waals surface area contributed by atoms with Crippen LogP contribution in [-0.4, -0.2) is 66.7 Å². The quantitative estimate of drug-likeness (QED) is 0.153. The first-order chi connectivity index (χ1) is 18.4. The van der Waals surface area contributed by atoms with E-state index in [2.05, 4.69) is 20.2 Å². The van der Waals surface area contributed by atoms with Gasteiger partial charge in [-0.05, 0) is 50.6 Å². The number of nitrogens with zero attached hydrogens (tertiary/aromatic N) is 5. The van der Waals surface area contributed by atoms with Crippen LogP contribution in [-0.2, 0) is 39.7 Å². The molecular weight excluding hydrogens is 512 g/mol. The molecule has 3 aromatic heterocycles. The van der Waals surface area contributed by atoms with Gasteiger partial charge in [0.05, 0.1) is 5.69 Å². The second kappa shape index (κ2) is 9.08. The summed E-state index contributed by atoms with van der Waals surface area (Å²) in [6.07, 6.45) is 0.274. The zero-order valence-corrected chi connectivity index (χ0v) is 21.9. The van der Waals surface area contributed by atoms with Crippen molar-refractivity contribution in [3.8, 4) is 0 Å². The molecule has 4 heterocycles. The average molecular weight is 541 g/mol. The van der Waals surface area contributed by atoms with E-state index in [-0.39, 0.29) is 11.7 Å². The number of nitrogens with two attached hydrogens (primary N) is 1. The predicted molar refractivity (Wildman–Crippen MR) is 133 cm³/mol. The molecule has 1 aliphatic carbocycles. The number of hydrogen-bond donors (Lipinski definition) is 2. The molecule has 2 fully saturated rings. The SMILES string of the molecule is CC(=O)O[C@]12C(OC(=O)OC(C)(C)c3ccncc3)[C@H]1O[C@@](C)(c1ccc3c(N)ncnn13)[C@@H]2OC(C)=NO. The fourth-order valence-electron chi connectivity index (χ4n) is 5.17. The van der Waals surface area contributed by atoms with Crippen LogP contribution >= 0.6 is 0 Å². The Morgan fingerprint density at radius 3 is 2.56 bits per heavy atom. The molecule has 0 amide bonds. The Morgan fingerprint density at radius 2 is 1.90 bits per heavy atom. The summed E-state index contributed by atoms with van der Waals surface area (Å²) in [4.78, 5) is 33.2. The van der Waals surface area contributed by atoms with E-state index < -0.39 is 47.2 Å². The lowest BCUT2D eigenvalue weighted by molar-refractivity contribution is -0.167. The van der Waals surface area contributed by atoms with Crippen LogP contribution in [0.15, 0.2) is 48.1 Å². The van der Waals surface area contributed by atoms with Crippen LogP contribution in [0.3, 0.4) is 0 Å². The summed E-state index contributed by atoms with van der Waals surface area (Å²) in [6, 6.07) is 6.86. The third-order valence-corrected chi connectivity index (χ3v) is 7.01. The van der Waals surface area contributed by atoms with Crippen molar-refractivity contribution in [1.82, 2.24) is 19.6 Å². The highest BCUT2D eigenvalue weighted by Crippen LogP contribution is 2.62. The van der Waals surface area contributed by atoms with Gasteiger partial charge in [0.2, 0.25) is 11.5 Å². The van der Waals surface area contributed by atoms with E-state index in [1.807, 2.05) is 0 Å². The number of anilines is 1. The molecule has 0 spiro atoms. The van der Waals surface area contributed by atoms with Crippen molar-refractivity contribution >= 4 is 29.4 Å².